The molecule has 1 atom stereocenters. The number of carbonyl (C=O) groups is 1. The smallest absolute Gasteiger partial charge is 0.255 e. The molecule has 0 saturated carbocycles. The molecule has 0 N–H and O–H groups in total. The van der Waals surface area contributed by atoms with Crippen LogP contribution in [0, 0.1) is 11.3 Å². The summed E-state index contributed by atoms with van der Waals surface area (Å²) in [5, 5.41) is 9.32. The van der Waals surface area contributed by atoms with Crippen molar-refractivity contribution in [3.63, 3.8) is 0 Å². The Balaban J connectivity index is 1.85. The van der Waals surface area contributed by atoms with E-state index >= 15 is 0 Å². The fraction of sp³-hybridized carbons (Fsp3) is 0.333. The molecule has 0 aromatic heterocycles. The second-order valence-electron chi connectivity index (χ2n) is 6.72. The Hall–Kier alpha value is -2.29. The summed E-state index contributed by atoms with van der Waals surface area (Å²) in [7, 11) is 4.14. The molecule has 0 spiro atoms. The highest BCUT2D eigenvalue weighted by atomic mass is 32.2. The van der Waals surface area contributed by atoms with Gasteiger partial charge in [-0.2, -0.15) is 5.26 Å². The van der Waals surface area contributed by atoms with Crippen LogP contribution < -0.4 is 0 Å². The molecule has 3 rings (SSSR count). The molecule has 1 aliphatic rings. The highest BCUT2D eigenvalue weighted by molar-refractivity contribution is 7.99. The lowest BCUT2D eigenvalue weighted by Gasteiger charge is -2.36. The van der Waals surface area contributed by atoms with Gasteiger partial charge < -0.3 is 9.80 Å². The Bertz CT molecular complexity index is 828. The highest BCUT2D eigenvalue weighted by Crippen LogP contribution is 2.33. The molecule has 0 unspecified atom stereocenters. The van der Waals surface area contributed by atoms with Crippen molar-refractivity contribution in [3.05, 3.63) is 59.7 Å². The van der Waals surface area contributed by atoms with Crippen LogP contribution in [0.25, 0.3) is 0 Å². The van der Waals surface area contributed by atoms with Gasteiger partial charge >= 0.3 is 0 Å². The van der Waals surface area contributed by atoms with Crippen LogP contribution in [0.5, 0.6) is 0 Å². The molecular formula is C21H23N3OS. The summed E-state index contributed by atoms with van der Waals surface area (Å²) in [5.41, 5.74) is 1.34. The number of likely N-dealkylation sites (N-methyl/N-ethyl adjacent to an activating group) is 1. The summed E-state index contributed by atoms with van der Waals surface area (Å²) >= 11 is 1.48. The molecule has 0 bridgehead atoms. The van der Waals surface area contributed by atoms with Gasteiger partial charge in [0.15, 0.2) is 0 Å². The van der Waals surface area contributed by atoms with Crippen LogP contribution in [-0.4, -0.2) is 48.9 Å². The van der Waals surface area contributed by atoms with Crippen LogP contribution in [0.1, 0.15) is 28.8 Å². The average Bonchev–Trinajstić information content (AvgIpc) is 2.68. The number of hydrogen-bond acceptors (Lipinski definition) is 4. The minimum atomic E-state index is 0.0779. The first kappa shape index (κ1) is 18.5. The van der Waals surface area contributed by atoms with Gasteiger partial charge in [-0.15, -0.1) is 0 Å². The maximum atomic E-state index is 13.2. The normalized spacial score (nSPS) is 17.2. The first-order valence-electron chi connectivity index (χ1n) is 8.82. The van der Waals surface area contributed by atoms with E-state index in [0.29, 0.717) is 17.2 Å². The van der Waals surface area contributed by atoms with Crippen LogP contribution in [-0.2, 0) is 0 Å². The largest absolute Gasteiger partial charge is 0.337 e. The van der Waals surface area contributed by atoms with E-state index < -0.39 is 0 Å². The second-order valence-corrected chi connectivity index (χ2v) is 7.80. The van der Waals surface area contributed by atoms with E-state index in [9.17, 15) is 10.1 Å². The van der Waals surface area contributed by atoms with Gasteiger partial charge in [0.1, 0.15) is 6.07 Å². The Morgan fingerprint density at radius 1 is 1.15 bits per heavy atom. The third-order valence-electron chi connectivity index (χ3n) is 4.76. The SMILES string of the molecule is CN(C)[C@@H]1CCCN(C(=O)c2ccccc2Sc2ccccc2C#N)C1. The van der Waals surface area contributed by atoms with Gasteiger partial charge in [0.2, 0.25) is 0 Å². The van der Waals surface area contributed by atoms with Gasteiger partial charge in [0.25, 0.3) is 5.91 Å². The summed E-state index contributed by atoms with van der Waals surface area (Å²) in [6.45, 7) is 1.57. The fourth-order valence-electron chi connectivity index (χ4n) is 3.23. The van der Waals surface area contributed by atoms with Crippen LogP contribution in [0.4, 0.5) is 0 Å². The minimum Gasteiger partial charge on any atom is -0.337 e. The number of nitrogens with zero attached hydrogens (tertiary/aromatic N) is 3. The lowest BCUT2D eigenvalue weighted by atomic mass is 10.0. The molecule has 0 radical (unpaired) electrons. The van der Waals surface area contributed by atoms with Gasteiger partial charge in [-0.25, -0.2) is 0 Å². The number of benzene rings is 2. The number of hydrogen-bond donors (Lipinski definition) is 0. The van der Waals surface area contributed by atoms with Crippen molar-refractivity contribution in [2.75, 3.05) is 27.2 Å². The Labute approximate surface area is 159 Å². The number of carbonyl (C=O) groups excluding carboxylic acids is 1. The number of nitriles is 1. The number of likely N-dealkylation sites (tertiary alicyclic amines) is 1. The Kier molecular flexibility index (Phi) is 5.97. The van der Waals surface area contributed by atoms with Crippen molar-refractivity contribution < 1.29 is 4.79 Å². The van der Waals surface area contributed by atoms with E-state index in [-0.39, 0.29) is 5.91 Å². The second kappa shape index (κ2) is 8.39. The van der Waals surface area contributed by atoms with E-state index in [0.717, 1.165) is 35.7 Å². The molecule has 2 aromatic carbocycles. The summed E-state index contributed by atoms with van der Waals surface area (Å²) in [5.74, 6) is 0.0779. The third kappa shape index (κ3) is 4.09. The van der Waals surface area contributed by atoms with Crippen molar-refractivity contribution in [3.8, 4) is 6.07 Å². The fourth-order valence-corrected chi connectivity index (χ4v) is 4.25. The number of piperidine rings is 1. The molecule has 1 fully saturated rings. The van der Waals surface area contributed by atoms with Crippen LogP contribution >= 0.6 is 11.8 Å². The van der Waals surface area contributed by atoms with Crippen molar-refractivity contribution >= 4 is 17.7 Å². The monoisotopic (exact) mass is 365 g/mol. The van der Waals surface area contributed by atoms with Crippen LogP contribution in [0.2, 0.25) is 0 Å². The van der Waals surface area contributed by atoms with Crippen molar-refractivity contribution in [2.24, 2.45) is 0 Å². The summed E-state index contributed by atoms with van der Waals surface area (Å²) in [4.78, 5) is 19.1. The molecule has 2 aromatic rings. The lowest BCUT2D eigenvalue weighted by molar-refractivity contribution is 0.0631. The maximum Gasteiger partial charge on any atom is 0.255 e. The number of rotatable bonds is 4. The molecular weight excluding hydrogens is 342 g/mol. The summed E-state index contributed by atoms with van der Waals surface area (Å²) in [6, 6.07) is 17.8. The lowest BCUT2D eigenvalue weighted by Crippen LogP contribution is -2.47. The predicted octanol–water partition coefficient (Wildman–Crippen LogP) is 3.88. The standard InChI is InChI=1S/C21H23N3OS/c1-23(2)17-9-7-13-24(15-17)21(25)18-10-4-6-12-20(18)26-19-11-5-3-8-16(19)14-22/h3-6,8,10-12,17H,7,9,13,15H2,1-2H3/t17-/m1/s1. The molecule has 134 valence electrons. The topological polar surface area (TPSA) is 47.3 Å². The molecule has 1 heterocycles. The van der Waals surface area contributed by atoms with E-state index in [2.05, 4.69) is 25.1 Å². The zero-order valence-electron chi connectivity index (χ0n) is 15.2. The molecule has 1 amide bonds. The quantitative estimate of drug-likeness (QED) is 0.825. The zero-order valence-corrected chi connectivity index (χ0v) is 16.0. The van der Waals surface area contributed by atoms with Gasteiger partial charge in [-0.3, -0.25) is 4.79 Å². The number of amides is 1. The third-order valence-corrected chi connectivity index (χ3v) is 5.91. The predicted molar refractivity (Wildman–Crippen MR) is 104 cm³/mol. The van der Waals surface area contributed by atoms with E-state index in [1.807, 2.05) is 47.4 Å². The first-order valence-corrected chi connectivity index (χ1v) is 9.63. The zero-order chi connectivity index (χ0) is 18.5. The average molecular weight is 366 g/mol. The molecule has 26 heavy (non-hydrogen) atoms. The van der Waals surface area contributed by atoms with Crippen LogP contribution in [0.15, 0.2) is 58.3 Å². The van der Waals surface area contributed by atoms with Gasteiger partial charge in [0, 0.05) is 28.9 Å². The maximum absolute atomic E-state index is 13.2. The molecule has 5 heteroatoms. The molecule has 1 aliphatic heterocycles. The van der Waals surface area contributed by atoms with Gasteiger partial charge in [-0.1, -0.05) is 36.0 Å². The summed E-state index contributed by atoms with van der Waals surface area (Å²) < 4.78 is 0. The van der Waals surface area contributed by atoms with Crippen molar-refractivity contribution in [2.45, 2.75) is 28.7 Å². The van der Waals surface area contributed by atoms with E-state index in [1.54, 1.807) is 6.07 Å². The van der Waals surface area contributed by atoms with E-state index in [1.165, 1.54) is 11.8 Å². The van der Waals surface area contributed by atoms with Crippen LogP contribution in [0.3, 0.4) is 0 Å². The molecule has 1 saturated heterocycles. The highest BCUT2D eigenvalue weighted by Gasteiger charge is 2.26. The van der Waals surface area contributed by atoms with Crippen molar-refractivity contribution in [1.82, 2.24) is 9.80 Å². The Morgan fingerprint density at radius 2 is 1.85 bits per heavy atom. The van der Waals surface area contributed by atoms with Crippen molar-refractivity contribution in [1.29, 1.82) is 5.26 Å². The summed E-state index contributed by atoms with van der Waals surface area (Å²) in [6.07, 6.45) is 2.16. The van der Waals surface area contributed by atoms with Gasteiger partial charge in [-0.05, 0) is 51.2 Å². The molecule has 0 aliphatic carbocycles. The molecule has 4 nitrogen and oxygen atoms in total. The first-order chi connectivity index (χ1) is 12.6. The minimum absolute atomic E-state index is 0.0779. The van der Waals surface area contributed by atoms with Gasteiger partial charge in [0.05, 0.1) is 11.1 Å². The Morgan fingerprint density at radius 3 is 2.58 bits per heavy atom. The van der Waals surface area contributed by atoms with E-state index in [4.69, 9.17) is 0 Å².